The number of aromatic nitrogens is 2. The van der Waals surface area contributed by atoms with Gasteiger partial charge in [0.25, 0.3) is 5.91 Å². The molecule has 0 bridgehead atoms. The van der Waals surface area contributed by atoms with Gasteiger partial charge < -0.3 is 24.3 Å². The Morgan fingerprint density at radius 2 is 1.83 bits per heavy atom. The van der Waals surface area contributed by atoms with Crippen molar-refractivity contribution in [2.45, 2.75) is 12.2 Å². The molecular weight excluding hydrogens is 462 g/mol. The summed E-state index contributed by atoms with van der Waals surface area (Å²) in [4.78, 5) is 17.3. The number of piperazine rings is 1. The minimum absolute atomic E-state index is 0.0599. The van der Waals surface area contributed by atoms with E-state index in [1.54, 1.807) is 23.9 Å². The van der Waals surface area contributed by atoms with Gasteiger partial charge in [0.05, 0.1) is 12.4 Å². The number of hydrogen-bond donors (Lipinski definition) is 1. The van der Waals surface area contributed by atoms with Gasteiger partial charge in [-0.3, -0.25) is 4.79 Å². The molecule has 186 valence electrons. The molecule has 1 aliphatic heterocycles. The van der Waals surface area contributed by atoms with E-state index in [4.69, 9.17) is 9.15 Å². The highest BCUT2D eigenvalue weighted by atomic mass is 32.2. The highest BCUT2D eigenvalue weighted by Gasteiger charge is 2.14. The first-order chi connectivity index (χ1) is 17.2. The largest absolute Gasteiger partial charge is 0.493 e. The number of thioether (sulfide) groups is 1. The molecule has 0 unspecified atom stereocenters. The van der Waals surface area contributed by atoms with Crippen LogP contribution in [0.1, 0.15) is 22.7 Å². The summed E-state index contributed by atoms with van der Waals surface area (Å²) in [7, 11) is 2.16. The molecule has 1 N–H and O–H groups in total. The number of amides is 1. The van der Waals surface area contributed by atoms with Gasteiger partial charge in [-0.2, -0.15) is 0 Å². The van der Waals surface area contributed by atoms with Gasteiger partial charge in [-0.15, -0.1) is 22.0 Å². The number of carbonyl (C=O) groups is 1. The zero-order valence-corrected chi connectivity index (χ0v) is 21.0. The van der Waals surface area contributed by atoms with Gasteiger partial charge in [0.2, 0.25) is 11.8 Å². The molecule has 8 nitrogen and oxygen atoms in total. The quantitative estimate of drug-likeness (QED) is 0.383. The zero-order valence-electron chi connectivity index (χ0n) is 20.2. The van der Waals surface area contributed by atoms with E-state index in [9.17, 15) is 4.79 Å². The summed E-state index contributed by atoms with van der Waals surface area (Å²) >= 11 is 1.68. The van der Waals surface area contributed by atoms with E-state index in [0.717, 1.165) is 56.2 Å². The maximum atomic E-state index is 12.5. The standard InChI is InChI=1S/C26H33N5O3S/c1-30-14-16-31(17-15-30)13-5-12-27-25(32)21-8-10-22(11-9-21)26-29-28-24(34-26)20-35-19-18-33-23-6-3-2-4-7-23/h2-4,6-11H,5,12-20H2,1H3,(H,27,32). The highest BCUT2D eigenvalue weighted by molar-refractivity contribution is 7.98. The minimum Gasteiger partial charge on any atom is -0.493 e. The average molecular weight is 496 g/mol. The first-order valence-electron chi connectivity index (χ1n) is 12.0. The number of ether oxygens (including phenoxy) is 1. The van der Waals surface area contributed by atoms with Gasteiger partial charge >= 0.3 is 0 Å². The number of rotatable bonds is 12. The molecule has 2 aromatic carbocycles. The Hall–Kier alpha value is -2.88. The van der Waals surface area contributed by atoms with Crippen molar-refractivity contribution in [3.05, 3.63) is 66.1 Å². The van der Waals surface area contributed by atoms with Crippen LogP contribution in [-0.4, -0.2) is 84.6 Å². The Morgan fingerprint density at radius 3 is 2.60 bits per heavy atom. The molecule has 1 saturated heterocycles. The number of para-hydroxylation sites is 1. The van der Waals surface area contributed by atoms with E-state index >= 15 is 0 Å². The Morgan fingerprint density at radius 1 is 1.06 bits per heavy atom. The predicted octanol–water partition coefficient (Wildman–Crippen LogP) is 3.42. The van der Waals surface area contributed by atoms with Crippen LogP contribution in [0.15, 0.2) is 59.0 Å². The number of benzene rings is 2. The van der Waals surface area contributed by atoms with Crippen LogP contribution in [0.4, 0.5) is 0 Å². The molecule has 0 radical (unpaired) electrons. The predicted molar refractivity (Wildman–Crippen MR) is 139 cm³/mol. The van der Waals surface area contributed by atoms with Crippen LogP contribution in [0.5, 0.6) is 5.75 Å². The normalized spacial score (nSPS) is 14.7. The summed E-state index contributed by atoms with van der Waals surface area (Å²) < 4.78 is 11.5. The molecule has 1 amide bonds. The molecule has 1 fully saturated rings. The second-order valence-corrected chi connectivity index (χ2v) is 9.65. The van der Waals surface area contributed by atoms with Gasteiger partial charge in [-0.05, 0) is 56.4 Å². The maximum absolute atomic E-state index is 12.5. The first-order valence-corrected chi connectivity index (χ1v) is 13.2. The summed E-state index contributed by atoms with van der Waals surface area (Å²) in [6.07, 6.45) is 0.953. The molecule has 0 atom stereocenters. The van der Waals surface area contributed by atoms with Crippen molar-refractivity contribution in [3.8, 4) is 17.2 Å². The molecule has 0 saturated carbocycles. The number of carbonyl (C=O) groups excluding carboxylic acids is 1. The molecule has 1 aliphatic rings. The van der Waals surface area contributed by atoms with Crippen molar-refractivity contribution >= 4 is 17.7 Å². The van der Waals surface area contributed by atoms with E-state index in [1.165, 1.54) is 0 Å². The van der Waals surface area contributed by atoms with E-state index in [2.05, 4.69) is 32.4 Å². The van der Waals surface area contributed by atoms with Crippen molar-refractivity contribution in [3.63, 3.8) is 0 Å². The summed E-state index contributed by atoms with van der Waals surface area (Å²) in [5, 5.41) is 11.3. The monoisotopic (exact) mass is 495 g/mol. The lowest BCUT2D eigenvalue weighted by atomic mass is 10.1. The Balaban J connectivity index is 1.15. The first kappa shape index (κ1) is 25.2. The van der Waals surface area contributed by atoms with Gasteiger partial charge in [0, 0.05) is 49.6 Å². The fourth-order valence-electron chi connectivity index (χ4n) is 3.77. The van der Waals surface area contributed by atoms with E-state index < -0.39 is 0 Å². The summed E-state index contributed by atoms with van der Waals surface area (Å²) in [6.45, 7) is 6.74. The molecule has 2 heterocycles. The average Bonchev–Trinajstić information content (AvgIpc) is 3.37. The Labute approximate surface area is 211 Å². The molecular formula is C26H33N5O3S. The van der Waals surface area contributed by atoms with Crippen molar-refractivity contribution in [2.75, 3.05) is 58.7 Å². The van der Waals surface area contributed by atoms with Crippen molar-refractivity contribution in [1.29, 1.82) is 0 Å². The number of nitrogens with zero attached hydrogens (tertiary/aromatic N) is 4. The van der Waals surface area contributed by atoms with Gasteiger partial charge in [0.15, 0.2) is 0 Å². The second kappa shape index (κ2) is 13.3. The van der Waals surface area contributed by atoms with Gasteiger partial charge in [0.1, 0.15) is 5.75 Å². The molecule has 4 rings (SSSR count). The Kier molecular flexibility index (Phi) is 9.56. The van der Waals surface area contributed by atoms with Crippen molar-refractivity contribution in [1.82, 2.24) is 25.3 Å². The van der Waals surface area contributed by atoms with Crippen LogP contribution < -0.4 is 10.1 Å². The maximum Gasteiger partial charge on any atom is 0.251 e. The number of nitrogens with one attached hydrogen (secondary N) is 1. The zero-order chi connectivity index (χ0) is 24.3. The fraction of sp³-hybridized carbons (Fsp3) is 0.423. The molecule has 9 heteroatoms. The molecule has 3 aromatic rings. The van der Waals surface area contributed by atoms with E-state index in [0.29, 0.717) is 36.2 Å². The fourth-order valence-corrected chi connectivity index (χ4v) is 4.40. The van der Waals surface area contributed by atoms with Crippen LogP contribution in [-0.2, 0) is 5.75 Å². The SMILES string of the molecule is CN1CCN(CCCNC(=O)c2ccc(-c3nnc(CSCCOc4ccccc4)o3)cc2)CC1. The van der Waals surface area contributed by atoms with E-state index in [-0.39, 0.29) is 5.91 Å². The Bertz CT molecular complexity index is 1040. The molecule has 1 aromatic heterocycles. The third kappa shape index (κ3) is 8.09. The molecule has 0 aliphatic carbocycles. The third-order valence-corrected chi connectivity index (χ3v) is 6.77. The van der Waals surface area contributed by atoms with Crippen molar-refractivity contribution < 1.29 is 13.9 Å². The summed E-state index contributed by atoms with van der Waals surface area (Å²) in [5.74, 6) is 3.30. The van der Waals surface area contributed by atoms with E-state index in [1.807, 2.05) is 42.5 Å². The molecule has 35 heavy (non-hydrogen) atoms. The van der Waals surface area contributed by atoms with Crippen molar-refractivity contribution in [2.24, 2.45) is 0 Å². The second-order valence-electron chi connectivity index (χ2n) is 8.55. The van der Waals surface area contributed by atoms with Crippen LogP contribution in [0, 0.1) is 0 Å². The van der Waals surface area contributed by atoms with Gasteiger partial charge in [-0.25, -0.2) is 0 Å². The highest BCUT2D eigenvalue weighted by Crippen LogP contribution is 2.21. The lowest BCUT2D eigenvalue weighted by molar-refractivity contribution is 0.0949. The minimum atomic E-state index is -0.0599. The topological polar surface area (TPSA) is 83.7 Å². The lowest BCUT2D eigenvalue weighted by Gasteiger charge is -2.32. The summed E-state index contributed by atoms with van der Waals surface area (Å²) in [6, 6.07) is 17.0. The third-order valence-electron chi connectivity index (χ3n) is 5.86. The van der Waals surface area contributed by atoms with Gasteiger partial charge in [-0.1, -0.05) is 18.2 Å². The lowest BCUT2D eigenvalue weighted by Crippen LogP contribution is -2.45. The van der Waals surface area contributed by atoms with Crippen LogP contribution in [0.25, 0.3) is 11.5 Å². The van der Waals surface area contributed by atoms with Crippen LogP contribution in [0.3, 0.4) is 0 Å². The number of likely N-dealkylation sites (N-methyl/N-ethyl adjacent to an activating group) is 1. The van der Waals surface area contributed by atoms with Crippen LogP contribution >= 0.6 is 11.8 Å². The van der Waals surface area contributed by atoms with Crippen LogP contribution in [0.2, 0.25) is 0 Å². The molecule has 0 spiro atoms. The smallest absolute Gasteiger partial charge is 0.251 e. The summed E-state index contributed by atoms with van der Waals surface area (Å²) in [5.41, 5.74) is 1.43. The number of hydrogen-bond acceptors (Lipinski definition) is 8.